The Balaban J connectivity index is 2.46. The summed E-state index contributed by atoms with van der Waals surface area (Å²) in [6.07, 6.45) is 9.55. The van der Waals surface area contributed by atoms with Gasteiger partial charge in [0.1, 0.15) is 18.7 Å². The molecule has 4 nitrogen and oxygen atoms in total. The molecule has 1 saturated carbocycles. The van der Waals surface area contributed by atoms with Crippen LogP contribution in [0, 0.1) is 22.7 Å². The van der Waals surface area contributed by atoms with Crippen molar-refractivity contribution in [2.75, 3.05) is 0 Å². The van der Waals surface area contributed by atoms with Crippen molar-refractivity contribution in [1.29, 1.82) is 0 Å². The van der Waals surface area contributed by atoms with Gasteiger partial charge < -0.3 is 9.53 Å². The zero-order chi connectivity index (χ0) is 19.5. The highest BCUT2D eigenvalue weighted by Crippen LogP contribution is 2.60. The van der Waals surface area contributed by atoms with Crippen LogP contribution in [0.15, 0.2) is 23.3 Å². The summed E-state index contributed by atoms with van der Waals surface area (Å²) in [6, 6.07) is 0. The van der Waals surface area contributed by atoms with E-state index in [9.17, 15) is 14.4 Å². The molecule has 0 radical (unpaired) electrons. The number of fused-ring (bicyclic) bond motifs is 2. The van der Waals surface area contributed by atoms with Crippen molar-refractivity contribution >= 4 is 18.5 Å². The van der Waals surface area contributed by atoms with Gasteiger partial charge in [-0.3, -0.25) is 9.59 Å². The summed E-state index contributed by atoms with van der Waals surface area (Å²) in [4.78, 5) is 36.2. The van der Waals surface area contributed by atoms with E-state index in [-0.39, 0.29) is 17.3 Å². The Labute approximate surface area is 157 Å². The average molecular weight is 360 g/mol. The largest absolute Gasteiger partial charge is 0.461 e. The molecule has 2 bridgehead atoms. The predicted molar refractivity (Wildman–Crippen MR) is 101 cm³/mol. The van der Waals surface area contributed by atoms with Gasteiger partial charge in [-0.1, -0.05) is 31.6 Å². The molecule has 0 aromatic heterocycles. The summed E-state index contributed by atoms with van der Waals surface area (Å²) in [7, 11) is 0. The number of hydrogen-bond donors (Lipinski definition) is 0. The number of carbonyl (C=O) groups is 3. The van der Waals surface area contributed by atoms with Crippen molar-refractivity contribution in [1.82, 2.24) is 0 Å². The SMILES string of the molecule is CC(=O)OC1C2(C)CC=C(C=O)C1(C=O)C(C(C)CCC=C(C)C)CC2. The van der Waals surface area contributed by atoms with Crippen LogP contribution in [0.3, 0.4) is 0 Å². The highest BCUT2D eigenvalue weighted by Gasteiger charge is 2.62. The Morgan fingerprint density at radius 3 is 2.58 bits per heavy atom. The second-order valence-corrected chi connectivity index (χ2v) is 8.66. The third kappa shape index (κ3) is 3.56. The molecule has 4 heteroatoms. The van der Waals surface area contributed by atoms with Crippen LogP contribution in [0.4, 0.5) is 0 Å². The van der Waals surface area contributed by atoms with Crippen molar-refractivity contribution in [2.45, 2.75) is 72.8 Å². The quantitative estimate of drug-likeness (QED) is 0.383. The molecule has 1 fully saturated rings. The van der Waals surface area contributed by atoms with Crippen LogP contribution >= 0.6 is 0 Å². The zero-order valence-electron chi connectivity index (χ0n) is 16.7. The lowest BCUT2D eigenvalue weighted by atomic mass is 9.48. The van der Waals surface area contributed by atoms with Gasteiger partial charge in [-0.2, -0.15) is 0 Å². The van der Waals surface area contributed by atoms with Crippen molar-refractivity contribution in [3.05, 3.63) is 23.3 Å². The maximum Gasteiger partial charge on any atom is 0.302 e. The summed E-state index contributed by atoms with van der Waals surface area (Å²) in [5.41, 5.74) is 0.454. The molecule has 5 atom stereocenters. The van der Waals surface area contributed by atoms with Gasteiger partial charge in [0.15, 0.2) is 0 Å². The Hall–Kier alpha value is -1.71. The Morgan fingerprint density at radius 2 is 2.04 bits per heavy atom. The molecule has 0 amide bonds. The molecule has 2 rings (SSSR count). The second-order valence-electron chi connectivity index (χ2n) is 8.66. The van der Waals surface area contributed by atoms with Gasteiger partial charge in [-0.25, -0.2) is 0 Å². The van der Waals surface area contributed by atoms with Crippen LogP contribution in [0.5, 0.6) is 0 Å². The number of hydrogen-bond acceptors (Lipinski definition) is 4. The molecule has 2 aliphatic carbocycles. The Morgan fingerprint density at radius 1 is 1.35 bits per heavy atom. The van der Waals surface area contributed by atoms with Crippen molar-refractivity contribution in [3.63, 3.8) is 0 Å². The lowest BCUT2D eigenvalue weighted by Crippen LogP contribution is -2.61. The van der Waals surface area contributed by atoms with Gasteiger partial charge in [0.25, 0.3) is 0 Å². The van der Waals surface area contributed by atoms with Gasteiger partial charge in [0.2, 0.25) is 0 Å². The number of ether oxygens (including phenoxy) is 1. The van der Waals surface area contributed by atoms with Crippen molar-refractivity contribution in [3.8, 4) is 0 Å². The fraction of sp³-hybridized carbons (Fsp3) is 0.682. The fourth-order valence-corrected chi connectivity index (χ4v) is 5.09. The molecular weight excluding hydrogens is 328 g/mol. The van der Waals surface area contributed by atoms with Crippen LogP contribution in [-0.4, -0.2) is 24.6 Å². The summed E-state index contributed by atoms with van der Waals surface area (Å²) < 4.78 is 5.73. The van der Waals surface area contributed by atoms with E-state index < -0.39 is 17.5 Å². The van der Waals surface area contributed by atoms with Gasteiger partial charge in [-0.15, -0.1) is 0 Å². The standard InChI is InChI=1S/C22H32O4/c1-15(2)7-6-8-16(3)19-10-12-21(5)11-9-18(13-23)22(19,14-24)20(21)26-17(4)25/h7,9,13-14,16,19-20H,6,8,10-12H2,1-5H3. The molecule has 0 aromatic carbocycles. The number of rotatable bonds is 7. The van der Waals surface area contributed by atoms with E-state index in [1.165, 1.54) is 12.5 Å². The van der Waals surface area contributed by atoms with Gasteiger partial charge in [-0.05, 0) is 57.8 Å². The summed E-state index contributed by atoms with van der Waals surface area (Å²) in [6.45, 7) is 9.76. The number of esters is 1. The lowest BCUT2D eigenvalue weighted by Gasteiger charge is -2.57. The lowest BCUT2D eigenvalue weighted by molar-refractivity contribution is -0.183. The fourth-order valence-electron chi connectivity index (χ4n) is 5.09. The third-order valence-electron chi connectivity index (χ3n) is 6.46. The van der Waals surface area contributed by atoms with Crippen LogP contribution in [-0.2, 0) is 19.1 Å². The highest BCUT2D eigenvalue weighted by atomic mass is 16.5. The molecule has 0 N–H and O–H groups in total. The van der Waals surface area contributed by atoms with E-state index in [4.69, 9.17) is 4.74 Å². The van der Waals surface area contributed by atoms with E-state index >= 15 is 0 Å². The van der Waals surface area contributed by atoms with Crippen LogP contribution in [0.25, 0.3) is 0 Å². The van der Waals surface area contributed by atoms with Crippen LogP contribution < -0.4 is 0 Å². The van der Waals surface area contributed by atoms with Crippen molar-refractivity contribution in [2.24, 2.45) is 22.7 Å². The zero-order valence-corrected chi connectivity index (χ0v) is 16.7. The topological polar surface area (TPSA) is 60.4 Å². The Bertz CT molecular complexity index is 628. The van der Waals surface area contributed by atoms with Gasteiger partial charge in [0.05, 0.1) is 5.41 Å². The third-order valence-corrected chi connectivity index (χ3v) is 6.46. The summed E-state index contributed by atoms with van der Waals surface area (Å²) in [5.74, 6) is -0.142. The first-order valence-electron chi connectivity index (χ1n) is 9.64. The molecule has 0 aliphatic heterocycles. The molecular formula is C22H32O4. The maximum absolute atomic E-state index is 12.5. The van der Waals surface area contributed by atoms with Crippen LogP contribution in [0.1, 0.15) is 66.7 Å². The first-order chi connectivity index (χ1) is 12.2. The molecule has 144 valence electrons. The number of carbonyl (C=O) groups excluding carboxylic acids is 3. The van der Waals surface area contributed by atoms with E-state index in [2.05, 4.69) is 33.8 Å². The first kappa shape index (κ1) is 20.6. The molecule has 0 saturated heterocycles. The smallest absolute Gasteiger partial charge is 0.302 e. The predicted octanol–water partition coefficient (Wildman–Crippen LogP) is 4.43. The van der Waals surface area contributed by atoms with E-state index in [1.807, 2.05) is 6.08 Å². The Kier molecular flexibility index (Phi) is 6.25. The highest BCUT2D eigenvalue weighted by molar-refractivity contribution is 5.87. The molecule has 0 heterocycles. The summed E-state index contributed by atoms with van der Waals surface area (Å²) in [5, 5.41) is 0. The number of aldehydes is 2. The van der Waals surface area contributed by atoms with Crippen LogP contribution in [0.2, 0.25) is 0 Å². The van der Waals surface area contributed by atoms with E-state index in [0.29, 0.717) is 12.0 Å². The van der Waals surface area contributed by atoms with Gasteiger partial charge in [0, 0.05) is 17.9 Å². The minimum Gasteiger partial charge on any atom is -0.461 e. The van der Waals surface area contributed by atoms with Gasteiger partial charge >= 0.3 is 5.97 Å². The minimum atomic E-state index is -1.02. The average Bonchev–Trinajstić information content (AvgIpc) is 2.56. The monoisotopic (exact) mass is 360 g/mol. The van der Waals surface area contributed by atoms with E-state index in [1.54, 1.807) is 0 Å². The maximum atomic E-state index is 12.5. The van der Waals surface area contributed by atoms with E-state index in [0.717, 1.165) is 38.3 Å². The molecule has 26 heavy (non-hydrogen) atoms. The molecule has 0 spiro atoms. The molecule has 2 aliphatic rings. The van der Waals surface area contributed by atoms with Crippen molar-refractivity contribution < 1.29 is 19.1 Å². The summed E-state index contributed by atoms with van der Waals surface area (Å²) >= 11 is 0. The minimum absolute atomic E-state index is 0.000243. The first-order valence-corrected chi connectivity index (χ1v) is 9.64. The number of allylic oxidation sites excluding steroid dienone is 3. The molecule has 5 unspecified atom stereocenters. The second kappa shape index (κ2) is 7.89. The molecule has 0 aromatic rings. The normalized spacial score (nSPS) is 34.3.